The Hall–Kier alpha value is -3.12. The van der Waals surface area contributed by atoms with Gasteiger partial charge < -0.3 is 9.73 Å². The highest BCUT2D eigenvalue weighted by atomic mass is 35.5. The minimum Gasteiger partial charge on any atom is -0.451 e. The van der Waals surface area contributed by atoms with Crippen molar-refractivity contribution in [1.29, 1.82) is 0 Å². The lowest BCUT2D eigenvalue weighted by atomic mass is 10.1. The largest absolute Gasteiger partial charge is 0.451 e. The molecule has 3 aromatic rings. The molecule has 0 saturated carbocycles. The third kappa shape index (κ3) is 3.60. The number of halogens is 1. The molecule has 0 saturated heterocycles. The summed E-state index contributed by atoms with van der Waals surface area (Å²) in [7, 11) is 0. The van der Waals surface area contributed by atoms with Crippen LogP contribution in [-0.4, -0.2) is 10.8 Å². The van der Waals surface area contributed by atoms with Gasteiger partial charge in [-0.15, -0.1) is 0 Å². The summed E-state index contributed by atoms with van der Waals surface area (Å²) in [5.41, 5.74) is 3.11. The highest BCUT2D eigenvalue weighted by Crippen LogP contribution is 2.31. The van der Waals surface area contributed by atoms with Crippen LogP contribution in [0.15, 0.2) is 52.9 Å². The highest BCUT2D eigenvalue weighted by molar-refractivity contribution is 6.32. The molecule has 26 heavy (non-hydrogen) atoms. The third-order valence-corrected chi connectivity index (χ3v) is 4.34. The number of nitro benzene ring substituents is 1. The number of carbonyl (C=O) groups excluding carboxylic acids is 1. The minimum atomic E-state index is -0.567. The van der Waals surface area contributed by atoms with E-state index in [0.29, 0.717) is 17.0 Å². The second-order valence-corrected chi connectivity index (χ2v) is 6.25. The molecule has 7 heteroatoms. The first kappa shape index (κ1) is 17.7. The van der Waals surface area contributed by atoms with E-state index in [1.807, 2.05) is 32.0 Å². The maximum absolute atomic E-state index is 12.4. The predicted octanol–water partition coefficient (Wildman–Crippen LogP) is 5.38. The van der Waals surface area contributed by atoms with Gasteiger partial charge in [0.1, 0.15) is 10.8 Å². The number of benzene rings is 2. The molecule has 1 N–H and O–H groups in total. The zero-order valence-electron chi connectivity index (χ0n) is 14.1. The standard InChI is InChI=1S/C19H15ClN2O4/c1-11-3-5-14(9-12(11)2)21-19(23)18-8-7-17(26-18)13-4-6-15(20)16(10-13)22(24)25/h3-10H,1-2H3,(H,21,23). The smallest absolute Gasteiger partial charge is 0.291 e. The van der Waals surface area contributed by atoms with Crippen molar-refractivity contribution in [2.45, 2.75) is 13.8 Å². The maximum atomic E-state index is 12.4. The number of carbonyl (C=O) groups is 1. The van der Waals surface area contributed by atoms with Gasteiger partial charge in [0.15, 0.2) is 5.76 Å². The van der Waals surface area contributed by atoms with Crippen LogP contribution >= 0.6 is 11.6 Å². The van der Waals surface area contributed by atoms with Crippen molar-refractivity contribution in [3.63, 3.8) is 0 Å². The highest BCUT2D eigenvalue weighted by Gasteiger charge is 2.17. The van der Waals surface area contributed by atoms with Crippen LogP contribution in [0.2, 0.25) is 5.02 Å². The molecule has 1 amide bonds. The molecule has 2 aromatic carbocycles. The molecule has 6 nitrogen and oxygen atoms in total. The fourth-order valence-corrected chi connectivity index (χ4v) is 2.62. The molecule has 0 atom stereocenters. The van der Waals surface area contributed by atoms with Crippen molar-refractivity contribution in [3.8, 4) is 11.3 Å². The van der Waals surface area contributed by atoms with E-state index in [4.69, 9.17) is 16.0 Å². The number of nitro groups is 1. The number of hydrogen-bond donors (Lipinski definition) is 1. The van der Waals surface area contributed by atoms with E-state index in [2.05, 4.69) is 5.32 Å². The summed E-state index contributed by atoms with van der Waals surface area (Å²) in [5.74, 6) is 0.0498. The first-order chi connectivity index (χ1) is 12.3. The monoisotopic (exact) mass is 370 g/mol. The van der Waals surface area contributed by atoms with Crippen molar-refractivity contribution in [2.75, 3.05) is 5.32 Å². The fraction of sp³-hybridized carbons (Fsp3) is 0.105. The Morgan fingerprint density at radius 3 is 2.54 bits per heavy atom. The van der Waals surface area contributed by atoms with Crippen LogP contribution in [0, 0.1) is 24.0 Å². The SMILES string of the molecule is Cc1ccc(NC(=O)c2ccc(-c3ccc(Cl)c([N+](=O)[O-])c3)o2)cc1C. The number of aryl methyl sites for hydroxylation is 2. The van der Waals surface area contributed by atoms with Gasteiger partial charge in [0.2, 0.25) is 0 Å². The lowest BCUT2D eigenvalue weighted by molar-refractivity contribution is -0.384. The number of nitrogens with one attached hydrogen (secondary N) is 1. The molecule has 0 bridgehead atoms. The first-order valence-electron chi connectivity index (χ1n) is 7.78. The first-order valence-corrected chi connectivity index (χ1v) is 8.15. The Morgan fingerprint density at radius 1 is 1.08 bits per heavy atom. The molecule has 0 aliphatic rings. The molecule has 0 spiro atoms. The second-order valence-electron chi connectivity index (χ2n) is 5.84. The third-order valence-electron chi connectivity index (χ3n) is 4.02. The van der Waals surface area contributed by atoms with Crippen LogP contribution in [-0.2, 0) is 0 Å². The van der Waals surface area contributed by atoms with Gasteiger partial charge in [0.05, 0.1) is 4.92 Å². The number of hydrogen-bond acceptors (Lipinski definition) is 4. The average molecular weight is 371 g/mol. The topological polar surface area (TPSA) is 85.4 Å². The molecule has 1 heterocycles. The van der Waals surface area contributed by atoms with E-state index in [1.165, 1.54) is 18.2 Å². The lowest BCUT2D eigenvalue weighted by Crippen LogP contribution is -2.10. The number of rotatable bonds is 4. The van der Waals surface area contributed by atoms with E-state index in [-0.39, 0.29) is 16.5 Å². The molecule has 0 unspecified atom stereocenters. The number of anilines is 1. The van der Waals surface area contributed by atoms with Gasteiger partial charge in [0.25, 0.3) is 11.6 Å². The van der Waals surface area contributed by atoms with Crippen molar-refractivity contribution >= 4 is 28.9 Å². The van der Waals surface area contributed by atoms with Gasteiger partial charge >= 0.3 is 0 Å². The Kier molecular flexibility index (Phi) is 4.77. The number of furan rings is 1. The summed E-state index contributed by atoms with van der Waals surface area (Å²) in [6.07, 6.45) is 0. The van der Waals surface area contributed by atoms with Gasteiger partial charge in [-0.05, 0) is 61.4 Å². The van der Waals surface area contributed by atoms with Crippen LogP contribution in [0.4, 0.5) is 11.4 Å². The number of nitrogens with zero attached hydrogens (tertiary/aromatic N) is 1. The summed E-state index contributed by atoms with van der Waals surface area (Å²) in [5, 5.41) is 13.8. The Morgan fingerprint density at radius 2 is 1.85 bits per heavy atom. The predicted molar refractivity (Wildman–Crippen MR) is 99.7 cm³/mol. The van der Waals surface area contributed by atoms with E-state index >= 15 is 0 Å². The van der Waals surface area contributed by atoms with Gasteiger partial charge in [-0.1, -0.05) is 17.7 Å². The summed E-state index contributed by atoms with van der Waals surface area (Å²) in [6, 6.07) is 13.0. The molecular formula is C19H15ClN2O4. The minimum absolute atomic E-state index is 0.0398. The summed E-state index contributed by atoms with van der Waals surface area (Å²) in [4.78, 5) is 22.8. The summed E-state index contributed by atoms with van der Waals surface area (Å²) >= 11 is 5.81. The van der Waals surface area contributed by atoms with Gasteiger partial charge in [-0.2, -0.15) is 0 Å². The van der Waals surface area contributed by atoms with Crippen LogP contribution in [0.3, 0.4) is 0 Å². The van der Waals surface area contributed by atoms with Gasteiger partial charge in [-0.25, -0.2) is 0 Å². The molecule has 1 aromatic heterocycles. The van der Waals surface area contributed by atoms with Crippen LogP contribution in [0.25, 0.3) is 11.3 Å². The van der Waals surface area contributed by atoms with Crippen LogP contribution in [0.1, 0.15) is 21.7 Å². The zero-order chi connectivity index (χ0) is 18.8. The molecular weight excluding hydrogens is 356 g/mol. The van der Waals surface area contributed by atoms with Crippen molar-refractivity contribution in [2.24, 2.45) is 0 Å². The molecule has 132 valence electrons. The van der Waals surface area contributed by atoms with Crippen LogP contribution < -0.4 is 5.32 Å². The molecule has 3 rings (SSSR count). The Bertz CT molecular complexity index is 1010. The van der Waals surface area contributed by atoms with Gasteiger partial charge in [-0.3, -0.25) is 14.9 Å². The average Bonchev–Trinajstić information content (AvgIpc) is 3.08. The van der Waals surface area contributed by atoms with Crippen LogP contribution in [0.5, 0.6) is 0 Å². The summed E-state index contributed by atoms with van der Waals surface area (Å²) in [6.45, 7) is 3.95. The van der Waals surface area contributed by atoms with Crippen molar-refractivity contribution in [1.82, 2.24) is 0 Å². The maximum Gasteiger partial charge on any atom is 0.291 e. The number of amides is 1. The molecule has 0 radical (unpaired) electrons. The quantitative estimate of drug-likeness (QED) is 0.493. The Balaban J connectivity index is 1.83. The van der Waals surface area contributed by atoms with E-state index in [9.17, 15) is 14.9 Å². The Labute approximate surface area is 154 Å². The molecule has 0 fully saturated rings. The van der Waals surface area contributed by atoms with E-state index < -0.39 is 10.8 Å². The van der Waals surface area contributed by atoms with Crippen molar-refractivity contribution < 1.29 is 14.1 Å². The van der Waals surface area contributed by atoms with Crippen molar-refractivity contribution in [3.05, 3.63) is 80.6 Å². The van der Waals surface area contributed by atoms with E-state index in [0.717, 1.165) is 11.1 Å². The lowest BCUT2D eigenvalue weighted by Gasteiger charge is -2.06. The van der Waals surface area contributed by atoms with E-state index in [1.54, 1.807) is 12.1 Å². The normalized spacial score (nSPS) is 10.6. The second kappa shape index (κ2) is 7.01. The van der Waals surface area contributed by atoms with Gasteiger partial charge in [0, 0.05) is 17.3 Å². The fourth-order valence-electron chi connectivity index (χ4n) is 2.43. The summed E-state index contributed by atoms with van der Waals surface area (Å²) < 4.78 is 5.55. The molecule has 0 aliphatic heterocycles. The zero-order valence-corrected chi connectivity index (χ0v) is 14.8. The molecule has 0 aliphatic carbocycles.